The van der Waals surface area contributed by atoms with E-state index in [2.05, 4.69) is 5.32 Å². The lowest BCUT2D eigenvalue weighted by atomic mass is 10.2. The Labute approximate surface area is 114 Å². The van der Waals surface area contributed by atoms with Gasteiger partial charge in [-0.2, -0.15) is 0 Å². The molecule has 0 atom stereocenters. The van der Waals surface area contributed by atoms with Crippen LogP contribution in [0.4, 0.5) is 10.5 Å². The van der Waals surface area contributed by atoms with E-state index in [9.17, 15) is 4.79 Å². The summed E-state index contributed by atoms with van der Waals surface area (Å²) in [5.74, 6) is 0. The molecule has 0 aliphatic carbocycles. The van der Waals surface area contributed by atoms with Crippen molar-refractivity contribution in [1.29, 1.82) is 0 Å². The van der Waals surface area contributed by atoms with E-state index in [4.69, 9.17) is 9.47 Å². The molecule has 0 saturated heterocycles. The quantitative estimate of drug-likeness (QED) is 0.822. The summed E-state index contributed by atoms with van der Waals surface area (Å²) >= 11 is 0. The van der Waals surface area contributed by atoms with Gasteiger partial charge in [-0.15, -0.1) is 0 Å². The van der Waals surface area contributed by atoms with Crippen LogP contribution in [-0.4, -0.2) is 51.5 Å². The molecule has 1 rings (SSSR count). The lowest BCUT2D eigenvalue weighted by Gasteiger charge is -2.22. The van der Waals surface area contributed by atoms with Crippen LogP contribution in [0.5, 0.6) is 0 Å². The largest absolute Gasteiger partial charge is 0.383 e. The van der Waals surface area contributed by atoms with Gasteiger partial charge < -0.3 is 19.7 Å². The SMILES string of the molecule is COCCN(CCOC)C(=O)Nc1ccc(C)cc1. The predicted octanol–water partition coefficient (Wildman–Crippen LogP) is 2.12. The van der Waals surface area contributed by atoms with E-state index >= 15 is 0 Å². The Kier molecular flexibility index (Phi) is 6.92. The zero-order valence-electron chi connectivity index (χ0n) is 11.8. The van der Waals surface area contributed by atoms with Crippen LogP contribution in [0.25, 0.3) is 0 Å². The maximum Gasteiger partial charge on any atom is 0.321 e. The Morgan fingerprint density at radius 3 is 2.11 bits per heavy atom. The summed E-state index contributed by atoms with van der Waals surface area (Å²) in [6, 6.07) is 7.56. The van der Waals surface area contributed by atoms with Gasteiger partial charge >= 0.3 is 6.03 Å². The molecule has 0 aromatic heterocycles. The molecule has 0 spiro atoms. The second-order valence-corrected chi connectivity index (χ2v) is 4.27. The number of carbonyl (C=O) groups is 1. The van der Waals surface area contributed by atoms with Crippen LogP contribution in [0.3, 0.4) is 0 Å². The highest BCUT2D eigenvalue weighted by molar-refractivity contribution is 5.89. The highest BCUT2D eigenvalue weighted by Gasteiger charge is 2.12. The number of hydrogen-bond donors (Lipinski definition) is 1. The predicted molar refractivity (Wildman–Crippen MR) is 75.5 cm³/mol. The molecule has 5 nitrogen and oxygen atoms in total. The van der Waals surface area contributed by atoms with Crippen molar-refractivity contribution >= 4 is 11.7 Å². The average Bonchev–Trinajstić information content (AvgIpc) is 2.41. The number of hydrogen-bond acceptors (Lipinski definition) is 3. The van der Waals surface area contributed by atoms with Gasteiger partial charge in [0.1, 0.15) is 0 Å². The number of nitrogens with zero attached hydrogens (tertiary/aromatic N) is 1. The van der Waals surface area contributed by atoms with E-state index in [0.29, 0.717) is 26.3 Å². The van der Waals surface area contributed by atoms with Gasteiger partial charge in [0.25, 0.3) is 0 Å². The number of aryl methyl sites for hydroxylation is 1. The molecular formula is C14H22N2O3. The summed E-state index contributed by atoms with van der Waals surface area (Å²) in [7, 11) is 3.23. The fourth-order valence-corrected chi connectivity index (χ4v) is 1.56. The third-order valence-corrected chi connectivity index (χ3v) is 2.72. The van der Waals surface area contributed by atoms with Crippen LogP contribution in [0.2, 0.25) is 0 Å². The van der Waals surface area contributed by atoms with Crippen LogP contribution in [-0.2, 0) is 9.47 Å². The molecule has 0 unspecified atom stereocenters. The maximum absolute atomic E-state index is 12.1. The molecular weight excluding hydrogens is 244 g/mol. The normalized spacial score (nSPS) is 10.3. The smallest absolute Gasteiger partial charge is 0.321 e. The molecule has 19 heavy (non-hydrogen) atoms. The highest BCUT2D eigenvalue weighted by atomic mass is 16.5. The van der Waals surface area contributed by atoms with Crippen molar-refractivity contribution in [2.75, 3.05) is 45.8 Å². The summed E-state index contributed by atoms with van der Waals surface area (Å²) in [5, 5.41) is 2.86. The van der Waals surface area contributed by atoms with Gasteiger partial charge in [0.05, 0.1) is 13.2 Å². The summed E-state index contributed by atoms with van der Waals surface area (Å²) in [4.78, 5) is 13.8. The third-order valence-electron chi connectivity index (χ3n) is 2.72. The van der Waals surface area contributed by atoms with E-state index < -0.39 is 0 Å². The molecule has 1 aromatic rings. The van der Waals surface area contributed by atoms with Crippen LogP contribution in [0.15, 0.2) is 24.3 Å². The molecule has 0 aliphatic heterocycles. The number of urea groups is 1. The Hall–Kier alpha value is -1.59. The first-order valence-electron chi connectivity index (χ1n) is 6.28. The molecule has 1 N–H and O–H groups in total. The van der Waals surface area contributed by atoms with Crippen molar-refractivity contribution in [2.24, 2.45) is 0 Å². The van der Waals surface area contributed by atoms with E-state index in [1.165, 1.54) is 0 Å². The topological polar surface area (TPSA) is 50.8 Å². The van der Waals surface area contributed by atoms with Gasteiger partial charge in [-0.25, -0.2) is 4.79 Å². The summed E-state index contributed by atoms with van der Waals surface area (Å²) < 4.78 is 10.0. The van der Waals surface area contributed by atoms with E-state index in [1.54, 1.807) is 19.1 Å². The number of nitrogens with one attached hydrogen (secondary N) is 1. The molecule has 1 aromatic carbocycles. The highest BCUT2D eigenvalue weighted by Crippen LogP contribution is 2.09. The van der Waals surface area contributed by atoms with Gasteiger partial charge in [0.15, 0.2) is 0 Å². The fraction of sp³-hybridized carbons (Fsp3) is 0.500. The Morgan fingerprint density at radius 1 is 1.11 bits per heavy atom. The van der Waals surface area contributed by atoms with Gasteiger partial charge in [0, 0.05) is 33.0 Å². The van der Waals surface area contributed by atoms with Crippen molar-refractivity contribution in [1.82, 2.24) is 4.90 Å². The van der Waals surface area contributed by atoms with E-state index in [0.717, 1.165) is 11.3 Å². The van der Waals surface area contributed by atoms with Gasteiger partial charge in [-0.05, 0) is 19.1 Å². The van der Waals surface area contributed by atoms with Crippen molar-refractivity contribution in [3.63, 3.8) is 0 Å². The monoisotopic (exact) mass is 266 g/mol. The first-order chi connectivity index (χ1) is 9.17. The van der Waals surface area contributed by atoms with Crippen LogP contribution < -0.4 is 5.32 Å². The minimum absolute atomic E-state index is 0.141. The average molecular weight is 266 g/mol. The van der Waals surface area contributed by atoms with Crippen molar-refractivity contribution < 1.29 is 14.3 Å². The number of methoxy groups -OCH3 is 2. The number of amides is 2. The minimum Gasteiger partial charge on any atom is -0.383 e. The standard InChI is InChI=1S/C14H22N2O3/c1-12-4-6-13(7-5-12)15-14(17)16(8-10-18-2)9-11-19-3/h4-7H,8-11H2,1-3H3,(H,15,17). The van der Waals surface area contributed by atoms with Gasteiger partial charge in [-0.1, -0.05) is 17.7 Å². The van der Waals surface area contributed by atoms with Crippen molar-refractivity contribution in [3.8, 4) is 0 Å². The zero-order chi connectivity index (χ0) is 14.1. The third kappa shape index (κ3) is 5.72. The van der Waals surface area contributed by atoms with Crippen molar-refractivity contribution in [3.05, 3.63) is 29.8 Å². The first-order valence-corrected chi connectivity index (χ1v) is 6.28. The van der Waals surface area contributed by atoms with Gasteiger partial charge in [-0.3, -0.25) is 0 Å². The molecule has 0 heterocycles. The Morgan fingerprint density at radius 2 is 1.63 bits per heavy atom. The van der Waals surface area contributed by atoms with Crippen LogP contribution >= 0.6 is 0 Å². The second-order valence-electron chi connectivity index (χ2n) is 4.27. The van der Waals surface area contributed by atoms with E-state index in [1.807, 2.05) is 31.2 Å². The summed E-state index contributed by atoms with van der Waals surface area (Å²) in [6.45, 7) is 4.10. The minimum atomic E-state index is -0.141. The molecule has 5 heteroatoms. The Bertz CT molecular complexity index is 371. The lowest BCUT2D eigenvalue weighted by molar-refractivity contribution is 0.127. The van der Waals surface area contributed by atoms with E-state index in [-0.39, 0.29) is 6.03 Å². The number of anilines is 1. The molecule has 0 saturated carbocycles. The van der Waals surface area contributed by atoms with Gasteiger partial charge in [0.2, 0.25) is 0 Å². The van der Waals surface area contributed by atoms with Crippen LogP contribution in [0, 0.1) is 6.92 Å². The lowest BCUT2D eigenvalue weighted by Crippen LogP contribution is -2.39. The zero-order valence-corrected chi connectivity index (χ0v) is 11.8. The first kappa shape index (κ1) is 15.5. The molecule has 2 amide bonds. The number of benzene rings is 1. The number of rotatable bonds is 7. The molecule has 0 bridgehead atoms. The summed E-state index contributed by atoms with van der Waals surface area (Å²) in [6.07, 6.45) is 0. The second kappa shape index (κ2) is 8.50. The maximum atomic E-state index is 12.1. The van der Waals surface area contributed by atoms with Crippen LogP contribution in [0.1, 0.15) is 5.56 Å². The fourth-order valence-electron chi connectivity index (χ4n) is 1.56. The number of ether oxygens (including phenoxy) is 2. The molecule has 0 radical (unpaired) electrons. The molecule has 0 fully saturated rings. The summed E-state index contributed by atoms with van der Waals surface area (Å²) in [5.41, 5.74) is 1.95. The molecule has 0 aliphatic rings. The van der Waals surface area contributed by atoms with Crippen molar-refractivity contribution in [2.45, 2.75) is 6.92 Å². The number of carbonyl (C=O) groups excluding carboxylic acids is 1. The molecule has 106 valence electrons. The Balaban J connectivity index is 2.56.